The van der Waals surface area contributed by atoms with Crippen LogP contribution in [-0.2, 0) is 13.5 Å². The normalized spacial score (nSPS) is 18.4. The fourth-order valence-electron chi connectivity index (χ4n) is 7.33. The molecular weight excluding hydrogens is 450 g/mol. The van der Waals surface area contributed by atoms with E-state index in [-0.39, 0.29) is 0 Å². The molecule has 7 rings (SSSR count). The molecule has 5 aromatic rings. The first-order valence-corrected chi connectivity index (χ1v) is 14.2. The summed E-state index contributed by atoms with van der Waals surface area (Å²) in [5, 5.41) is 2.39. The van der Waals surface area contributed by atoms with E-state index in [1.807, 2.05) is 0 Å². The van der Waals surface area contributed by atoms with Crippen LogP contribution in [0.1, 0.15) is 67.6 Å². The summed E-state index contributed by atoms with van der Waals surface area (Å²) >= 11 is 0. The highest BCUT2D eigenvalue weighted by Gasteiger charge is 2.29. The lowest BCUT2D eigenvalue weighted by Gasteiger charge is -2.35. The van der Waals surface area contributed by atoms with Gasteiger partial charge < -0.3 is 4.42 Å². The van der Waals surface area contributed by atoms with Crippen molar-refractivity contribution in [2.24, 2.45) is 13.0 Å². The molecule has 0 bridgehead atoms. The van der Waals surface area contributed by atoms with Crippen LogP contribution in [0.4, 0.5) is 0 Å². The molecule has 1 saturated carbocycles. The van der Waals surface area contributed by atoms with E-state index < -0.39 is 0 Å². The fourth-order valence-corrected chi connectivity index (χ4v) is 7.33. The zero-order chi connectivity index (χ0) is 24.9. The topological polar surface area (TPSA) is 17.0 Å². The molecule has 2 aliphatic rings. The molecule has 2 aromatic heterocycles. The third-order valence-electron chi connectivity index (χ3n) is 9.22. The molecule has 0 amide bonds. The van der Waals surface area contributed by atoms with E-state index in [9.17, 15) is 0 Å². The predicted molar refractivity (Wildman–Crippen MR) is 153 cm³/mol. The van der Waals surface area contributed by atoms with E-state index in [0.717, 1.165) is 23.0 Å². The van der Waals surface area contributed by atoms with E-state index in [0.29, 0.717) is 0 Å². The van der Waals surface area contributed by atoms with Crippen molar-refractivity contribution >= 4 is 21.9 Å². The number of pyridine rings is 1. The lowest BCUT2D eigenvalue weighted by Crippen LogP contribution is -2.30. The zero-order valence-corrected chi connectivity index (χ0v) is 22.1. The predicted octanol–water partition coefficient (Wildman–Crippen LogP) is 9.05. The van der Waals surface area contributed by atoms with Crippen LogP contribution in [0.3, 0.4) is 0 Å². The van der Waals surface area contributed by atoms with Crippen LogP contribution < -0.4 is 4.57 Å². The monoisotopic (exact) mass is 486 g/mol. The van der Waals surface area contributed by atoms with Crippen LogP contribution in [-0.4, -0.2) is 0 Å². The van der Waals surface area contributed by atoms with Crippen molar-refractivity contribution in [3.8, 4) is 22.4 Å². The third-order valence-corrected chi connectivity index (χ3v) is 9.22. The van der Waals surface area contributed by atoms with E-state index in [1.54, 1.807) is 11.1 Å². The average Bonchev–Trinajstić information content (AvgIpc) is 3.32. The summed E-state index contributed by atoms with van der Waals surface area (Å²) in [5.41, 5.74) is 11.3. The van der Waals surface area contributed by atoms with Crippen molar-refractivity contribution in [2.75, 3.05) is 0 Å². The average molecular weight is 487 g/mol. The Bertz CT molecular complexity index is 1620. The van der Waals surface area contributed by atoms with E-state index in [2.05, 4.69) is 91.5 Å². The summed E-state index contributed by atoms with van der Waals surface area (Å²) < 4.78 is 8.99. The number of hydrogen-bond donors (Lipinski definition) is 0. The first kappa shape index (κ1) is 22.8. The second kappa shape index (κ2) is 9.17. The van der Waals surface area contributed by atoms with Gasteiger partial charge in [0.2, 0.25) is 5.69 Å². The Morgan fingerprint density at radius 1 is 0.784 bits per heavy atom. The first-order chi connectivity index (χ1) is 18.2. The van der Waals surface area contributed by atoms with Gasteiger partial charge in [-0.05, 0) is 79.2 Å². The second-order valence-electron chi connectivity index (χ2n) is 11.4. The lowest BCUT2D eigenvalue weighted by molar-refractivity contribution is -0.660. The largest absolute Gasteiger partial charge is 0.454 e. The van der Waals surface area contributed by atoms with Gasteiger partial charge in [-0.2, -0.15) is 0 Å². The maximum atomic E-state index is 6.81. The summed E-state index contributed by atoms with van der Waals surface area (Å²) in [6.07, 6.45) is 13.1. The van der Waals surface area contributed by atoms with Crippen molar-refractivity contribution in [1.82, 2.24) is 0 Å². The van der Waals surface area contributed by atoms with Gasteiger partial charge in [0.1, 0.15) is 18.2 Å². The Morgan fingerprint density at radius 3 is 2.51 bits per heavy atom. The molecule has 37 heavy (non-hydrogen) atoms. The molecule has 2 aliphatic carbocycles. The standard InChI is InChI=1S/C35H36NO/c1-23-17-19-31-30-15-9-14-29(34(30)37-35(31)33(23)32-16-6-7-21-36(32)2)26-18-20-28-25(22-26)12-8-13-27(28)24-10-4-3-5-11-24/h6-7,9,14-22,24,27H,3-5,8,10-13H2,1-2H3/q+1. The maximum Gasteiger partial charge on any atom is 0.216 e. The Morgan fingerprint density at radius 2 is 1.65 bits per heavy atom. The Kier molecular flexibility index (Phi) is 5.65. The molecule has 1 unspecified atom stereocenters. The van der Waals surface area contributed by atoms with Crippen LogP contribution in [0, 0.1) is 12.8 Å². The van der Waals surface area contributed by atoms with Crippen molar-refractivity contribution in [3.05, 3.63) is 89.6 Å². The highest BCUT2D eigenvalue weighted by atomic mass is 16.3. The van der Waals surface area contributed by atoms with Crippen molar-refractivity contribution in [2.45, 2.75) is 64.2 Å². The first-order valence-electron chi connectivity index (χ1n) is 14.2. The molecule has 0 aliphatic heterocycles. The van der Waals surface area contributed by atoms with E-state index >= 15 is 0 Å². The molecular formula is C35H36NO+. The fraction of sp³-hybridized carbons (Fsp3) is 0.343. The molecule has 2 heteroatoms. The molecule has 1 atom stereocenters. The Hall–Kier alpha value is -3.39. The van der Waals surface area contributed by atoms with Gasteiger partial charge >= 0.3 is 0 Å². The Balaban J connectivity index is 1.37. The molecule has 186 valence electrons. The number of para-hydroxylation sites is 1. The van der Waals surface area contributed by atoms with Gasteiger partial charge in [-0.3, -0.25) is 0 Å². The van der Waals surface area contributed by atoms with Gasteiger partial charge in [0.25, 0.3) is 0 Å². The number of hydrogen-bond acceptors (Lipinski definition) is 1. The summed E-state index contributed by atoms with van der Waals surface area (Å²) in [7, 11) is 2.11. The molecule has 3 aromatic carbocycles. The van der Waals surface area contributed by atoms with Gasteiger partial charge in [0.05, 0.1) is 5.56 Å². The van der Waals surface area contributed by atoms with Crippen LogP contribution in [0.25, 0.3) is 44.3 Å². The Labute approximate surface area is 220 Å². The van der Waals surface area contributed by atoms with Crippen LogP contribution >= 0.6 is 0 Å². The molecule has 2 nitrogen and oxygen atoms in total. The number of aryl methyl sites for hydroxylation is 3. The number of nitrogens with zero attached hydrogens (tertiary/aromatic N) is 1. The van der Waals surface area contributed by atoms with Gasteiger partial charge in [0, 0.05) is 28.5 Å². The van der Waals surface area contributed by atoms with Crippen molar-refractivity contribution < 1.29 is 8.98 Å². The van der Waals surface area contributed by atoms with Crippen LogP contribution in [0.5, 0.6) is 0 Å². The van der Waals surface area contributed by atoms with Gasteiger partial charge in [-0.1, -0.05) is 67.8 Å². The van der Waals surface area contributed by atoms with Crippen molar-refractivity contribution in [1.29, 1.82) is 0 Å². The molecule has 0 saturated heterocycles. The van der Waals surface area contributed by atoms with Gasteiger partial charge in [-0.15, -0.1) is 0 Å². The summed E-state index contributed by atoms with van der Waals surface area (Å²) in [4.78, 5) is 0. The van der Waals surface area contributed by atoms with Crippen LogP contribution in [0.2, 0.25) is 0 Å². The number of benzene rings is 3. The minimum atomic E-state index is 0.761. The number of furan rings is 1. The number of aromatic nitrogens is 1. The summed E-state index contributed by atoms with van der Waals surface area (Å²) in [6.45, 7) is 2.18. The highest BCUT2D eigenvalue weighted by molar-refractivity contribution is 6.13. The summed E-state index contributed by atoms with van der Waals surface area (Å²) in [6, 6.07) is 24.8. The molecule has 0 radical (unpaired) electrons. The lowest BCUT2D eigenvalue weighted by atomic mass is 9.70. The van der Waals surface area contributed by atoms with Gasteiger partial charge in [-0.25, -0.2) is 4.57 Å². The van der Waals surface area contributed by atoms with Crippen molar-refractivity contribution in [3.63, 3.8) is 0 Å². The van der Waals surface area contributed by atoms with Crippen LogP contribution in [0.15, 0.2) is 77.3 Å². The maximum absolute atomic E-state index is 6.81. The number of fused-ring (bicyclic) bond motifs is 4. The van der Waals surface area contributed by atoms with E-state index in [1.165, 1.54) is 90.1 Å². The molecule has 0 N–H and O–H groups in total. The highest BCUT2D eigenvalue weighted by Crippen LogP contribution is 2.45. The quantitative estimate of drug-likeness (QED) is 0.232. The summed E-state index contributed by atoms with van der Waals surface area (Å²) in [5.74, 6) is 1.65. The zero-order valence-electron chi connectivity index (χ0n) is 22.1. The molecule has 1 fully saturated rings. The van der Waals surface area contributed by atoms with Gasteiger partial charge in [0.15, 0.2) is 6.20 Å². The van der Waals surface area contributed by atoms with E-state index in [4.69, 9.17) is 4.42 Å². The minimum absolute atomic E-state index is 0.761. The third kappa shape index (κ3) is 3.81. The molecule has 0 spiro atoms. The number of rotatable bonds is 3. The smallest absolute Gasteiger partial charge is 0.216 e. The molecule has 2 heterocycles. The minimum Gasteiger partial charge on any atom is -0.454 e. The SMILES string of the molecule is Cc1ccc2c(oc3c(-c4ccc5c(c4)CCCC5C4CCCCC4)cccc32)c1-c1cccc[n+]1C. The second-order valence-corrected chi connectivity index (χ2v) is 11.4.